The number of rotatable bonds is 1. The maximum atomic E-state index is 11.7. The van der Waals surface area contributed by atoms with Gasteiger partial charge < -0.3 is 4.74 Å². The van der Waals surface area contributed by atoms with Crippen molar-refractivity contribution in [2.75, 3.05) is 0 Å². The lowest BCUT2D eigenvalue weighted by Gasteiger charge is -2.85. The Bertz CT molecular complexity index is 686. The first-order valence-electron chi connectivity index (χ1n) is 12.0. The maximum Gasteiger partial charge on any atom is 0.302 e. The average Bonchev–Trinajstić information content (AvgIpc) is 3.17. The first kappa shape index (κ1) is 17.3. The summed E-state index contributed by atoms with van der Waals surface area (Å²) in [5.41, 5.74) is 1.58. The normalized spacial score (nSPS) is 62.8. The van der Waals surface area contributed by atoms with Gasteiger partial charge in [-0.2, -0.15) is 0 Å². The first-order valence-corrected chi connectivity index (χ1v) is 12.0. The molecule has 6 aliphatic rings. The van der Waals surface area contributed by atoms with Gasteiger partial charge in [0, 0.05) is 12.3 Å². The van der Waals surface area contributed by atoms with Crippen LogP contribution in [0.5, 0.6) is 0 Å². The van der Waals surface area contributed by atoms with E-state index in [9.17, 15) is 4.79 Å². The molecular weight excluding hydrogens is 332 g/mol. The summed E-state index contributed by atoms with van der Waals surface area (Å²) >= 11 is 0. The quantitative estimate of drug-likeness (QED) is 0.542. The second-order valence-electron chi connectivity index (χ2n) is 12.0. The summed E-state index contributed by atoms with van der Waals surface area (Å²) in [6.07, 6.45) is 12.8. The van der Waals surface area contributed by atoms with Crippen LogP contribution in [0.3, 0.4) is 0 Å². The van der Waals surface area contributed by atoms with E-state index < -0.39 is 0 Å². The predicted octanol–water partition coefficient (Wildman–Crippen LogP) is 5.84. The zero-order valence-electron chi connectivity index (χ0n) is 17.8. The van der Waals surface area contributed by atoms with E-state index in [0.29, 0.717) is 5.41 Å². The summed E-state index contributed by atoms with van der Waals surface area (Å²) in [5.74, 6) is 6.74. The van der Waals surface area contributed by atoms with Gasteiger partial charge in [-0.3, -0.25) is 4.79 Å². The highest BCUT2D eigenvalue weighted by Gasteiger charge is 2.83. The van der Waals surface area contributed by atoms with Gasteiger partial charge in [0.25, 0.3) is 0 Å². The van der Waals surface area contributed by atoms with Gasteiger partial charge in [-0.05, 0) is 104 Å². The fourth-order valence-electron chi connectivity index (χ4n) is 11.3. The van der Waals surface area contributed by atoms with E-state index in [-0.39, 0.29) is 17.5 Å². The summed E-state index contributed by atoms with van der Waals surface area (Å²) in [6.45, 7) is 9.42. The lowest BCUT2D eigenvalue weighted by molar-refractivity contribution is -0.378. The van der Waals surface area contributed by atoms with Crippen LogP contribution in [0.2, 0.25) is 0 Å². The molecule has 1 unspecified atom stereocenters. The molecule has 6 fully saturated rings. The molecule has 0 bridgehead atoms. The summed E-state index contributed by atoms with van der Waals surface area (Å²) in [5, 5.41) is 0. The monoisotopic (exact) mass is 370 g/mol. The molecule has 6 aliphatic carbocycles. The van der Waals surface area contributed by atoms with Crippen LogP contribution in [0, 0.1) is 57.7 Å². The van der Waals surface area contributed by atoms with Crippen molar-refractivity contribution in [2.24, 2.45) is 57.7 Å². The molecule has 0 saturated heterocycles. The van der Waals surface area contributed by atoms with Crippen molar-refractivity contribution >= 4 is 5.97 Å². The molecule has 0 heterocycles. The molecule has 0 aliphatic heterocycles. The molecule has 2 heteroatoms. The summed E-state index contributed by atoms with van der Waals surface area (Å²) in [6, 6.07) is 0. The van der Waals surface area contributed by atoms with Crippen molar-refractivity contribution in [3.63, 3.8) is 0 Å². The Morgan fingerprint density at radius 1 is 0.889 bits per heavy atom. The fraction of sp³-hybridized carbons (Fsp3) is 0.960. The van der Waals surface area contributed by atoms with Crippen molar-refractivity contribution in [3.8, 4) is 0 Å². The van der Waals surface area contributed by atoms with E-state index in [1.54, 1.807) is 6.92 Å². The largest absolute Gasteiger partial charge is 0.462 e. The van der Waals surface area contributed by atoms with E-state index in [4.69, 9.17) is 4.74 Å². The smallest absolute Gasteiger partial charge is 0.302 e. The average molecular weight is 371 g/mol. The van der Waals surface area contributed by atoms with Crippen molar-refractivity contribution in [2.45, 2.75) is 91.6 Å². The highest BCUT2D eigenvalue weighted by molar-refractivity contribution is 5.66. The number of hydrogen-bond acceptors (Lipinski definition) is 2. The minimum absolute atomic E-state index is 0.0734. The highest BCUT2D eigenvalue weighted by Crippen LogP contribution is 2.88. The van der Waals surface area contributed by atoms with Gasteiger partial charge in [0.2, 0.25) is 0 Å². The summed E-state index contributed by atoms with van der Waals surface area (Å²) in [7, 11) is 0. The number of carbonyl (C=O) groups excluding carboxylic acids is 1. The predicted molar refractivity (Wildman–Crippen MR) is 106 cm³/mol. The molecule has 6 rings (SSSR count). The molecular formula is C25H38O2. The van der Waals surface area contributed by atoms with Gasteiger partial charge in [0.05, 0.1) is 0 Å². The first-order chi connectivity index (χ1) is 12.9. The zero-order valence-corrected chi connectivity index (χ0v) is 17.8. The molecule has 0 amide bonds. The lowest BCUT2D eigenvalue weighted by Crippen LogP contribution is -2.80. The Balaban J connectivity index is 1.32. The molecule has 2 nitrogen and oxygen atoms in total. The summed E-state index contributed by atoms with van der Waals surface area (Å²) < 4.78 is 5.84. The van der Waals surface area contributed by atoms with E-state index >= 15 is 0 Å². The van der Waals surface area contributed by atoms with Crippen molar-refractivity contribution in [1.82, 2.24) is 0 Å². The number of fused-ring (bicyclic) bond motifs is 6. The molecule has 6 saturated carbocycles. The third-order valence-corrected chi connectivity index (χ3v) is 12.1. The third-order valence-electron chi connectivity index (χ3n) is 12.1. The van der Waals surface area contributed by atoms with E-state index in [2.05, 4.69) is 20.8 Å². The molecule has 1 spiro atoms. The highest BCUT2D eigenvalue weighted by atomic mass is 16.5. The fourth-order valence-corrected chi connectivity index (χ4v) is 11.3. The van der Waals surface area contributed by atoms with Crippen LogP contribution < -0.4 is 0 Å². The minimum Gasteiger partial charge on any atom is -0.462 e. The minimum atomic E-state index is -0.0734. The van der Waals surface area contributed by atoms with Crippen molar-refractivity contribution in [3.05, 3.63) is 0 Å². The Labute approximate surface area is 165 Å². The Kier molecular flexibility index (Phi) is 3.30. The molecule has 27 heavy (non-hydrogen) atoms. The van der Waals surface area contributed by atoms with Gasteiger partial charge in [0.15, 0.2) is 0 Å². The zero-order chi connectivity index (χ0) is 18.8. The maximum absolute atomic E-state index is 11.7. The van der Waals surface area contributed by atoms with Crippen LogP contribution in [0.1, 0.15) is 85.5 Å². The molecule has 150 valence electrons. The van der Waals surface area contributed by atoms with E-state index in [0.717, 1.165) is 53.3 Å². The molecule has 0 aromatic heterocycles. The van der Waals surface area contributed by atoms with Gasteiger partial charge >= 0.3 is 5.97 Å². The Hall–Kier alpha value is -0.530. The van der Waals surface area contributed by atoms with E-state index in [1.807, 2.05) is 0 Å². The molecule has 0 radical (unpaired) electrons. The molecule has 0 aromatic rings. The molecule has 0 N–H and O–H groups in total. The molecule has 11 atom stereocenters. The Morgan fingerprint density at radius 3 is 2.48 bits per heavy atom. The summed E-state index contributed by atoms with van der Waals surface area (Å²) in [4.78, 5) is 11.7. The van der Waals surface area contributed by atoms with Gasteiger partial charge in [-0.1, -0.05) is 27.2 Å². The molecule has 0 aromatic carbocycles. The van der Waals surface area contributed by atoms with Crippen LogP contribution in [-0.2, 0) is 9.53 Å². The Morgan fingerprint density at radius 2 is 1.70 bits per heavy atom. The van der Waals surface area contributed by atoms with Crippen LogP contribution in [0.4, 0.5) is 0 Å². The van der Waals surface area contributed by atoms with Gasteiger partial charge in [-0.15, -0.1) is 0 Å². The number of esters is 1. The van der Waals surface area contributed by atoms with Crippen LogP contribution in [0.25, 0.3) is 0 Å². The topological polar surface area (TPSA) is 26.3 Å². The standard InChI is InChI=1S/C25H38O2/c1-14-22-17-6-5-7-20(17)25(22)13-10-16-18-8-9-21(27-15(2)26)23(18,3)12-11-19(16)24(14,25)4/h14,16-22H,5-13H2,1-4H3/t14?,16-,17+,18-,19-,20-,21-,22+,23-,24+,25-/m0/s1. The SMILES string of the molecule is CC(=O)O[C@H]1CC[C@H]2[C@@H]3CC[C@]45[C@H](C(C)[C@]4(C)[C@H]3CC[C@]12C)[C@@H]1CCC[C@@H]15. The van der Waals surface area contributed by atoms with Crippen molar-refractivity contribution in [1.29, 1.82) is 0 Å². The van der Waals surface area contributed by atoms with Crippen LogP contribution in [0.15, 0.2) is 0 Å². The van der Waals surface area contributed by atoms with Gasteiger partial charge in [-0.25, -0.2) is 0 Å². The number of hydrogen-bond donors (Lipinski definition) is 0. The van der Waals surface area contributed by atoms with Gasteiger partial charge in [0.1, 0.15) is 6.10 Å². The van der Waals surface area contributed by atoms with Crippen molar-refractivity contribution < 1.29 is 9.53 Å². The number of carbonyl (C=O) groups is 1. The second-order valence-corrected chi connectivity index (χ2v) is 12.0. The van der Waals surface area contributed by atoms with Crippen LogP contribution in [-0.4, -0.2) is 12.1 Å². The lowest BCUT2D eigenvalue weighted by atomic mass is 9.19. The van der Waals surface area contributed by atoms with Crippen LogP contribution >= 0.6 is 0 Å². The van der Waals surface area contributed by atoms with E-state index in [1.165, 1.54) is 51.4 Å². The second kappa shape index (κ2) is 5.14. The number of ether oxygens (including phenoxy) is 1. The third kappa shape index (κ3) is 1.68.